The lowest BCUT2D eigenvalue weighted by atomic mass is 10.2. The third kappa shape index (κ3) is 3.74. The predicted molar refractivity (Wildman–Crippen MR) is 62.2 cm³/mol. The monoisotopic (exact) mass is 411 g/mol. The number of aliphatic hydroxyl groups is 1. The first kappa shape index (κ1) is 14.0. The Morgan fingerprint density at radius 3 is 2.56 bits per heavy atom. The van der Waals surface area contributed by atoms with Crippen molar-refractivity contribution in [1.29, 1.82) is 0 Å². The highest BCUT2D eigenvalue weighted by Crippen LogP contribution is 2.26. The Morgan fingerprint density at radius 2 is 2.12 bits per heavy atom. The molecule has 0 aliphatic rings. The molecule has 0 aliphatic carbocycles. The van der Waals surface area contributed by atoms with E-state index in [9.17, 15) is 13.2 Å². The van der Waals surface area contributed by atoms with E-state index in [0.29, 0.717) is 14.8 Å². The number of aliphatic hydroxyl groups excluding tert-OH is 1. The van der Waals surface area contributed by atoms with E-state index in [1.807, 2.05) is 22.6 Å². The van der Waals surface area contributed by atoms with Crippen LogP contribution in [0.3, 0.4) is 0 Å². The van der Waals surface area contributed by atoms with Crippen LogP contribution in [0.4, 0.5) is 13.2 Å². The van der Waals surface area contributed by atoms with Crippen LogP contribution in [0.25, 0.3) is 0 Å². The molecule has 0 aromatic carbocycles. The summed E-state index contributed by atoms with van der Waals surface area (Å²) in [5, 5.41) is 9.27. The molecule has 1 N–H and O–H groups in total. The maximum Gasteiger partial charge on any atom is 0.574 e. The fraction of sp³-hybridized carbons (Fsp3) is 0.375. The van der Waals surface area contributed by atoms with Gasteiger partial charge in [0.1, 0.15) is 0 Å². The largest absolute Gasteiger partial charge is 0.574 e. The molecule has 3 nitrogen and oxygen atoms in total. The van der Waals surface area contributed by atoms with Crippen molar-refractivity contribution in [3.05, 3.63) is 20.9 Å². The van der Waals surface area contributed by atoms with Gasteiger partial charge in [-0.3, -0.25) is 0 Å². The van der Waals surface area contributed by atoms with Gasteiger partial charge in [-0.05, 0) is 22.6 Å². The zero-order valence-electron chi connectivity index (χ0n) is 7.68. The van der Waals surface area contributed by atoms with Crippen LogP contribution in [-0.2, 0) is 11.9 Å². The van der Waals surface area contributed by atoms with Crippen molar-refractivity contribution in [2.45, 2.75) is 18.3 Å². The minimum atomic E-state index is -4.76. The highest BCUT2D eigenvalue weighted by molar-refractivity contribution is 14.1. The average Bonchev–Trinajstić information content (AvgIpc) is 2.14. The molecule has 0 saturated heterocycles. The molecule has 0 radical (unpaired) electrons. The fourth-order valence-corrected chi connectivity index (χ4v) is 2.23. The molecule has 16 heavy (non-hydrogen) atoms. The minimum absolute atomic E-state index is 0.244. The summed E-state index contributed by atoms with van der Waals surface area (Å²) in [4.78, 5) is 3.65. The van der Waals surface area contributed by atoms with Crippen molar-refractivity contribution in [1.82, 2.24) is 4.98 Å². The van der Waals surface area contributed by atoms with Crippen molar-refractivity contribution in [3.8, 4) is 5.88 Å². The Balaban J connectivity index is 3.10. The summed E-state index contributed by atoms with van der Waals surface area (Å²) in [7, 11) is 0. The van der Waals surface area contributed by atoms with Crippen LogP contribution in [0.5, 0.6) is 5.88 Å². The van der Waals surface area contributed by atoms with Crippen LogP contribution in [0.1, 0.15) is 11.3 Å². The maximum absolute atomic E-state index is 12.0. The second-order valence-corrected chi connectivity index (χ2v) is 4.43. The van der Waals surface area contributed by atoms with Gasteiger partial charge < -0.3 is 9.84 Å². The van der Waals surface area contributed by atoms with Crippen molar-refractivity contribution in [2.75, 3.05) is 0 Å². The summed E-state index contributed by atoms with van der Waals surface area (Å²) in [6, 6.07) is 1.13. The van der Waals surface area contributed by atoms with Crippen LogP contribution < -0.4 is 4.74 Å². The standard InChI is InChI=1S/C8H6BrF3INO2/c9-2-6-4(3-15)5(13)1-7(14-6)16-8(10,11)12/h1,15H,2-3H2. The first-order chi connectivity index (χ1) is 7.37. The lowest BCUT2D eigenvalue weighted by Gasteiger charge is -2.12. The second kappa shape index (κ2) is 5.50. The average molecular weight is 412 g/mol. The molecule has 0 saturated carbocycles. The molecule has 90 valence electrons. The minimum Gasteiger partial charge on any atom is -0.392 e. The molecule has 0 aliphatic heterocycles. The maximum atomic E-state index is 12.0. The quantitative estimate of drug-likeness (QED) is 0.614. The number of aromatic nitrogens is 1. The Kier molecular flexibility index (Phi) is 4.80. The third-order valence-electron chi connectivity index (χ3n) is 1.64. The highest BCUT2D eigenvalue weighted by Gasteiger charge is 2.32. The molecule has 0 fully saturated rings. The molecule has 0 spiro atoms. The van der Waals surface area contributed by atoms with Gasteiger partial charge >= 0.3 is 6.36 Å². The van der Waals surface area contributed by atoms with E-state index < -0.39 is 12.2 Å². The molecule has 0 atom stereocenters. The molecule has 1 aromatic rings. The molecule has 1 rings (SSSR count). The Bertz CT molecular complexity index is 386. The molecule has 0 unspecified atom stereocenters. The summed E-state index contributed by atoms with van der Waals surface area (Å²) >= 11 is 4.90. The van der Waals surface area contributed by atoms with Gasteiger partial charge in [-0.1, -0.05) is 15.9 Å². The molecule has 8 heteroatoms. The van der Waals surface area contributed by atoms with E-state index in [1.54, 1.807) is 0 Å². The van der Waals surface area contributed by atoms with Crippen LogP contribution in [-0.4, -0.2) is 16.5 Å². The number of alkyl halides is 4. The lowest BCUT2D eigenvalue weighted by Crippen LogP contribution is -2.18. The van der Waals surface area contributed by atoms with Gasteiger partial charge in [-0.15, -0.1) is 13.2 Å². The molecule has 1 aromatic heterocycles. The van der Waals surface area contributed by atoms with E-state index in [0.717, 1.165) is 6.07 Å². The number of rotatable bonds is 3. The SMILES string of the molecule is OCc1c(I)cc(OC(F)(F)F)nc1CBr. The summed E-state index contributed by atoms with van der Waals surface area (Å²) < 4.78 is 40.1. The van der Waals surface area contributed by atoms with E-state index in [-0.39, 0.29) is 11.9 Å². The van der Waals surface area contributed by atoms with Gasteiger partial charge in [-0.2, -0.15) is 0 Å². The van der Waals surface area contributed by atoms with Crippen LogP contribution >= 0.6 is 38.5 Å². The van der Waals surface area contributed by atoms with Crippen molar-refractivity contribution < 1.29 is 23.0 Å². The number of ether oxygens (including phenoxy) is 1. The van der Waals surface area contributed by atoms with Crippen LogP contribution in [0.15, 0.2) is 6.07 Å². The zero-order chi connectivity index (χ0) is 12.3. The van der Waals surface area contributed by atoms with Gasteiger partial charge in [0.15, 0.2) is 0 Å². The van der Waals surface area contributed by atoms with Crippen LogP contribution in [0, 0.1) is 3.57 Å². The van der Waals surface area contributed by atoms with Gasteiger partial charge in [0.2, 0.25) is 5.88 Å². The molecule has 0 amide bonds. The van der Waals surface area contributed by atoms with Crippen molar-refractivity contribution in [3.63, 3.8) is 0 Å². The third-order valence-corrected chi connectivity index (χ3v) is 3.13. The summed E-state index contributed by atoms with van der Waals surface area (Å²) in [6.45, 7) is -0.279. The highest BCUT2D eigenvalue weighted by atomic mass is 127. The lowest BCUT2D eigenvalue weighted by molar-refractivity contribution is -0.276. The van der Waals surface area contributed by atoms with Gasteiger partial charge in [0.25, 0.3) is 0 Å². The van der Waals surface area contributed by atoms with Gasteiger partial charge in [-0.25, -0.2) is 4.98 Å². The molecular weight excluding hydrogens is 406 g/mol. The number of halogens is 5. The van der Waals surface area contributed by atoms with E-state index in [4.69, 9.17) is 5.11 Å². The van der Waals surface area contributed by atoms with Gasteiger partial charge in [0, 0.05) is 20.5 Å². The molecule has 0 bridgehead atoms. The number of pyridine rings is 1. The molecular formula is C8H6BrF3INO2. The second-order valence-electron chi connectivity index (χ2n) is 2.71. The summed E-state index contributed by atoms with van der Waals surface area (Å²) in [6.07, 6.45) is -4.76. The van der Waals surface area contributed by atoms with Gasteiger partial charge in [0.05, 0.1) is 12.3 Å². The zero-order valence-corrected chi connectivity index (χ0v) is 11.4. The Hall–Kier alpha value is -0.0900. The fourth-order valence-electron chi connectivity index (χ4n) is 1.01. The Morgan fingerprint density at radius 1 is 1.50 bits per heavy atom. The van der Waals surface area contributed by atoms with E-state index in [2.05, 4.69) is 25.7 Å². The van der Waals surface area contributed by atoms with E-state index >= 15 is 0 Å². The first-order valence-corrected chi connectivity index (χ1v) is 6.18. The number of nitrogens with zero attached hydrogens (tertiary/aromatic N) is 1. The van der Waals surface area contributed by atoms with Crippen LogP contribution in [0.2, 0.25) is 0 Å². The Labute approximate surface area is 111 Å². The summed E-state index contributed by atoms with van der Waals surface area (Å²) in [5.74, 6) is -0.524. The predicted octanol–water partition coefficient (Wildman–Crippen LogP) is 2.97. The number of hydrogen-bond acceptors (Lipinski definition) is 3. The summed E-state index contributed by atoms with van der Waals surface area (Å²) in [5.41, 5.74) is 0.820. The van der Waals surface area contributed by atoms with E-state index in [1.165, 1.54) is 0 Å². The number of hydrogen-bond donors (Lipinski definition) is 1. The van der Waals surface area contributed by atoms with Crippen molar-refractivity contribution in [2.24, 2.45) is 0 Å². The topological polar surface area (TPSA) is 42.4 Å². The van der Waals surface area contributed by atoms with Crippen molar-refractivity contribution >= 4 is 38.5 Å². The smallest absolute Gasteiger partial charge is 0.392 e. The first-order valence-electron chi connectivity index (χ1n) is 3.98. The molecule has 1 heterocycles. The normalized spacial score (nSPS) is 11.6.